The van der Waals surface area contributed by atoms with Crippen LogP contribution >= 0.6 is 0 Å². The van der Waals surface area contributed by atoms with Crippen LogP contribution in [0.5, 0.6) is 0 Å². The van der Waals surface area contributed by atoms with Crippen molar-refractivity contribution in [3.63, 3.8) is 0 Å². The van der Waals surface area contributed by atoms with Gasteiger partial charge in [-0.05, 0) is 0 Å². The summed E-state index contributed by atoms with van der Waals surface area (Å²) >= 11 is -0.338. The first-order chi connectivity index (χ1) is 4.85. The van der Waals surface area contributed by atoms with Crippen LogP contribution in [0.25, 0.3) is 0 Å². The van der Waals surface area contributed by atoms with Gasteiger partial charge in [0, 0.05) is 0 Å². The molecule has 1 unspecified atom stereocenters. The van der Waals surface area contributed by atoms with E-state index in [2.05, 4.69) is 0 Å². The molecule has 0 fully saturated rings. The molecule has 1 aliphatic heterocycles. The second-order valence-corrected chi connectivity index (χ2v) is 5.87. The molecule has 0 aromatic rings. The first-order valence-corrected chi connectivity index (χ1v) is 5.31. The van der Waals surface area contributed by atoms with Crippen molar-refractivity contribution in [2.24, 2.45) is 0 Å². The van der Waals surface area contributed by atoms with Gasteiger partial charge in [-0.15, -0.1) is 0 Å². The van der Waals surface area contributed by atoms with E-state index in [1.54, 1.807) is 6.92 Å². The summed E-state index contributed by atoms with van der Waals surface area (Å²) in [5.74, 6) is 0. The zero-order valence-electron chi connectivity index (χ0n) is 6.33. The maximum atomic E-state index is 12.3. The van der Waals surface area contributed by atoms with Crippen LogP contribution in [-0.4, -0.2) is 21.1 Å². The molecule has 0 amide bonds. The van der Waals surface area contributed by atoms with Crippen molar-refractivity contribution < 1.29 is 13.2 Å². The Morgan fingerprint density at radius 3 is 2.27 bits per heavy atom. The van der Waals surface area contributed by atoms with E-state index in [4.69, 9.17) is 0 Å². The van der Waals surface area contributed by atoms with Crippen LogP contribution in [0.1, 0.15) is 13.8 Å². The molecule has 4 heteroatoms. The van der Waals surface area contributed by atoms with Gasteiger partial charge in [0.1, 0.15) is 0 Å². The molecule has 0 spiro atoms. The first-order valence-electron chi connectivity index (χ1n) is 3.24. The van der Waals surface area contributed by atoms with Crippen LogP contribution in [0.3, 0.4) is 0 Å². The number of halogens is 3. The van der Waals surface area contributed by atoms with Crippen molar-refractivity contribution in [3.05, 3.63) is 11.6 Å². The van der Waals surface area contributed by atoms with Crippen molar-refractivity contribution in [1.29, 1.82) is 0 Å². The predicted octanol–water partition coefficient (Wildman–Crippen LogP) is 2.81. The fourth-order valence-electron chi connectivity index (χ4n) is 0.981. The van der Waals surface area contributed by atoms with Crippen molar-refractivity contribution >= 4 is 15.0 Å². The standard InChI is InChI=1S/C7H9F3Se/c1-5-3-6(2,11-4-5)7(8,9)10/h3H,4H2,1-2H3. The zero-order valence-corrected chi connectivity index (χ0v) is 8.04. The number of hydrogen-bond acceptors (Lipinski definition) is 0. The third kappa shape index (κ3) is 1.62. The molecule has 11 heavy (non-hydrogen) atoms. The fourth-order valence-corrected chi connectivity index (χ4v) is 3.20. The molecule has 0 N–H and O–H groups in total. The van der Waals surface area contributed by atoms with Crippen LogP contribution in [0.15, 0.2) is 11.6 Å². The average Bonchev–Trinajstić information content (AvgIpc) is 2.10. The van der Waals surface area contributed by atoms with E-state index in [0.29, 0.717) is 5.32 Å². The van der Waals surface area contributed by atoms with Gasteiger partial charge < -0.3 is 0 Å². The van der Waals surface area contributed by atoms with Gasteiger partial charge in [0.2, 0.25) is 0 Å². The average molecular weight is 229 g/mol. The Bertz CT molecular complexity index is 194. The normalized spacial score (nSPS) is 32.3. The van der Waals surface area contributed by atoms with Gasteiger partial charge in [0.25, 0.3) is 0 Å². The molecular formula is C7H9F3Se. The van der Waals surface area contributed by atoms with Gasteiger partial charge in [-0.1, -0.05) is 0 Å². The Morgan fingerprint density at radius 1 is 1.55 bits per heavy atom. The third-order valence-corrected chi connectivity index (χ3v) is 4.93. The molecular weight excluding hydrogens is 220 g/mol. The van der Waals surface area contributed by atoms with Gasteiger partial charge in [0.15, 0.2) is 0 Å². The SMILES string of the molecule is CC1=CC(C)(C(F)(F)F)[Se]C1. The van der Waals surface area contributed by atoms with Gasteiger partial charge >= 0.3 is 69.4 Å². The monoisotopic (exact) mass is 230 g/mol. The van der Waals surface area contributed by atoms with E-state index in [1.165, 1.54) is 13.0 Å². The molecule has 1 aliphatic rings. The molecule has 0 radical (unpaired) electrons. The summed E-state index contributed by atoms with van der Waals surface area (Å²) in [6.45, 7) is 3.04. The van der Waals surface area contributed by atoms with E-state index in [0.717, 1.165) is 5.57 Å². The first kappa shape index (κ1) is 9.14. The van der Waals surface area contributed by atoms with Gasteiger partial charge in [-0.25, -0.2) is 0 Å². The van der Waals surface area contributed by atoms with E-state index >= 15 is 0 Å². The fraction of sp³-hybridized carbons (Fsp3) is 0.714. The third-order valence-electron chi connectivity index (χ3n) is 1.68. The van der Waals surface area contributed by atoms with Crippen LogP contribution in [0.4, 0.5) is 13.2 Å². The molecule has 0 saturated heterocycles. The molecule has 64 valence electrons. The maximum absolute atomic E-state index is 12.3. The van der Waals surface area contributed by atoms with Crippen molar-refractivity contribution in [2.45, 2.75) is 29.7 Å². The van der Waals surface area contributed by atoms with Crippen LogP contribution in [-0.2, 0) is 0 Å². The van der Waals surface area contributed by atoms with Crippen LogP contribution in [0, 0.1) is 0 Å². The van der Waals surface area contributed by atoms with Crippen LogP contribution < -0.4 is 0 Å². The van der Waals surface area contributed by atoms with Crippen molar-refractivity contribution in [3.8, 4) is 0 Å². The summed E-state index contributed by atoms with van der Waals surface area (Å²) in [7, 11) is 0. The Balaban J connectivity index is 2.86. The quantitative estimate of drug-likeness (QED) is 0.442. The Hall–Kier alpha value is 0.0495. The Morgan fingerprint density at radius 2 is 2.09 bits per heavy atom. The van der Waals surface area contributed by atoms with Gasteiger partial charge in [-0.2, -0.15) is 0 Å². The second kappa shape index (κ2) is 2.53. The summed E-state index contributed by atoms with van der Waals surface area (Å²) in [5, 5.41) is 0.642. The molecule has 0 aromatic heterocycles. The van der Waals surface area contributed by atoms with Crippen LogP contribution in [0.2, 0.25) is 9.63 Å². The molecule has 0 bridgehead atoms. The van der Waals surface area contributed by atoms with E-state index in [9.17, 15) is 13.2 Å². The van der Waals surface area contributed by atoms with E-state index in [1.807, 2.05) is 0 Å². The van der Waals surface area contributed by atoms with Gasteiger partial charge in [0.05, 0.1) is 0 Å². The number of allylic oxidation sites excluding steroid dienone is 2. The predicted molar refractivity (Wildman–Crippen MR) is 38.7 cm³/mol. The molecule has 0 aromatic carbocycles. The molecule has 1 heterocycles. The van der Waals surface area contributed by atoms with Crippen molar-refractivity contribution in [1.82, 2.24) is 0 Å². The Kier molecular flexibility index (Phi) is 2.10. The van der Waals surface area contributed by atoms with Gasteiger partial charge in [-0.3, -0.25) is 0 Å². The molecule has 1 atom stereocenters. The number of hydrogen-bond donors (Lipinski definition) is 0. The van der Waals surface area contributed by atoms with Crippen molar-refractivity contribution in [2.75, 3.05) is 0 Å². The molecule has 0 nitrogen and oxygen atoms in total. The summed E-state index contributed by atoms with van der Waals surface area (Å²) in [6, 6.07) is 0. The summed E-state index contributed by atoms with van der Waals surface area (Å²) in [5.41, 5.74) is 0.879. The molecule has 1 rings (SSSR count). The molecule has 0 aliphatic carbocycles. The zero-order chi connectivity index (χ0) is 8.70. The summed E-state index contributed by atoms with van der Waals surface area (Å²) in [6.07, 6.45) is -2.68. The second-order valence-electron chi connectivity index (χ2n) is 2.88. The topological polar surface area (TPSA) is 0 Å². The summed E-state index contributed by atoms with van der Waals surface area (Å²) in [4.78, 5) is 0. The van der Waals surface area contributed by atoms with E-state index in [-0.39, 0.29) is 15.0 Å². The minimum atomic E-state index is -4.05. The summed E-state index contributed by atoms with van der Waals surface area (Å²) < 4.78 is 35.4. The van der Waals surface area contributed by atoms with E-state index < -0.39 is 10.5 Å². The number of rotatable bonds is 0. The minimum absolute atomic E-state index is 0.338. The molecule has 0 saturated carbocycles. The number of alkyl halides is 3. The Labute approximate surface area is 70.0 Å².